The number of sulfonamides is 1. The highest BCUT2D eigenvalue weighted by molar-refractivity contribution is 7.89. The number of carbonyl (C=O) groups is 1. The van der Waals surface area contributed by atoms with Crippen LogP contribution in [-0.2, 0) is 26.1 Å². The number of rotatable bonds is 6. The number of morpholine rings is 1. The average molecular weight is 396 g/mol. The summed E-state index contributed by atoms with van der Waals surface area (Å²) < 4.78 is 39.3. The molecule has 148 valence electrons. The number of aromatic nitrogens is 2. The van der Waals surface area contributed by atoms with Crippen LogP contribution in [-0.4, -0.2) is 54.7 Å². The van der Waals surface area contributed by atoms with Crippen molar-refractivity contribution in [1.29, 1.82) is 0 Å². The van der Waals surface area contributed by atoms with Crippen LogP contribution in [0.3, 0.4) is 0 Å². The summed E-state index contributed by atoms with van der Waals surface area (Å²) >= 11 is 0. The van der Waals surface area contributed by atoms with E-state index in [2.05, 4.69) is 10.4 Å². The number of nitrogens with one attached hydrogen (secondary N) is 1. The molecular formula is C17H24N4O5S. The topological polar surface area (TPSA) is 107 Å². The fraction of sp³-hybridized carbons (Fsp3) is 0.529. The molecule has 0 radical (unpaired) electrons. The monoisotopic (exact) mass is 396 g/mol. The summed E-state index contributed by atoms with van der Waals surface area (Å²) in [4.78, 5) is 12.5. The lowest BCUT2D eigenvalue weighted by Gasteiger charge is -2.26. The minimum atomic E-state index is -3.67. The molecule has 3 rings (SSSR count). The molecule has 1 unspecified atom stereocenters. The number of hydrogen-bond donors (Lipinski definition) is 1. The summed E-state index contributed by atoms with van der Waals surface area (Å²) in [6.45, 7) is 6.41. The maximum atomic E-state index is 13.0. The number of carbonyl (C=O) groups excluding carboxylic acids is 1. The van der Waals surface area contributed by atoms with Gasteiger partial charge in [-0.15, -0.1) is 0 Å². The van der Waals surface area contributed by atoms with Gasteiger partial charge in [-0.3, -0.25) is 9.48 Å². The van der Waals surface area contributed by atoms with Gasteiger partial charge < -0.3 is 14.5 Å². The van der Waals surface area contributed by atoms with Crippen molar-refractivity contribution in [3.63, 3.8) is 0 Å². The van der Waals surface area contributed by atoms with Gasteiger partial charge in [0.15, 0.2) is 0 Å². The second-order valence-electron chi connectivity index (χ2n) is 6.48. The van der Waals surface area contributed by atoms with E-state index < -0.39 is 10.0 Å². The standard InChI is InChI=1S/C17H24N4O5S/c1-12(15-5-4-8-26-15)18-16(22)11-21-14(3)17(13(2)19-21)27(23,24)20-6-9-25-10-7-20/h4-5,8,12H,6-7,9-11H2,1-3H3,(H,18,22). The summed E-state index contributed by atoms with van der Waals surface area (Å²) in [7, 11) is -3.67. The van der Waals surface area contributed by atoms with E-state index in [1.165, 1.54) is 8.99 Å². The van der Waals surface area contributed by atoms with Crippen LogP contribution in [0.15, 0.2) is 27.7 Å². The van der Waals surface area contributed by atoms with E-state index in [0.717, 1.165) is 0 Å². The zero-order chi connectivity index (χ0) is 19.6. The van der Waals surface area contributed by atoms with Gasteiger partial charge in [0, 0.05) is 13.1 Å². The van der Waals surface area contributed by atoms with Gasteiger partial charge in [0.05, 0.1) is 36.9 Å². The van der Waals surface area contributed by atoms with Crippen LogP contribution in [0.25, 0.3) is 0 Å². The van der Waals surface area contributed by atoms with Crippen molar-refractivity contribution in [2.24, 2.45) is 0 Å². The van der Waals surface area contributed by atoms with Gasteiger partial charge in [-0.2, -0.15) is 9.40 Å². The minimum absolute atomic E-state index is 0.0731. The Hall–Kier alpha value is -2.17. The van der Waals surface area contributed by atoms with Crippen molar-refractivity contribution < 1.29 is 22.4 Å². The molecule has 10 heteroatoms. The van der Waals surface area contributed by atoms with E-state index in [0.29, 0.717) is 43.5 Å². The van der Waals surface area contributed by atoms with Gasteiger partial charge >= 0.3 is 0 Å². The molecule has 9 nitrogen and oxygen atoms in total. The van der Waals surface area contributed by atoms with Gasteiger partial charge in [-0.25, -0.2) is 8.42 Å². The molecule has 1 atom stereocenters. The number of hydrogen-bond acceptors (Lipinski definition) is 6. The molecule has 1 N–H and O–H groups in total. The Morgan fingerprint density at radius 1 is 1.33 bits per heavy atom. The van der Waals surface area contributed by atoms with Crippen LogP contribution >= 0.6 is 0 Å². The third-order valence-electron chi connectivity index (χ3n) is 4.52. The average Bonchev–Trinajstić information content (AvgIpc) is 3.24. The van der Waals surface area contributed by atoms with Gasteiger partial charge in [-0.05, 0) is 32.9 Å². The van der Waals surface area contributed by atoms with Crippen LogP contribution in [0.1, 0.15) is 30.1 Å². The molecule has 1 saturated heterocycles. The van der Waals surface area contributed by atoms with Crippen molar-refractivity contribution in [2.45, 2.75) is 38.3 Å². The van der Waals surface area contributed by atoms with Gasteiger partial charge in [0.1, 0.15) is 17.2 Å². The predicted molar refractivity (Wildman–Crippen MR) is 96.5 cm³/mol. The van der Waals surface area contributed by atoms with Crippen LogP contribution in [0.5, 0.6) is 0 Å². The molecule has 0 spiro atoms. The minimum Gasteiger partial charge on any atom is -0.467 e. The second-order valence-corrected chi connectivity index (χ2v) is 8.35. The van der Waals surface area contributed by atoms with E-state index in [1.807, 2.05) is 6.92 Å². The Morgan fingerprint density at radius 3 is 2.67 bits per heavy atom. The van der Waals surface area contributed by atoms with Gasteiger partial charge in [-0.1, -0.05) is 0 Å². The van der Waals surface area contributed by atoms with E-state index in [4.69, 9.17) is 9.15 Å². The Labute approximate surface area is 158 Å². The smallest absolute Gasteiger partial charge is 0.246 e. The Kier molecular flexibility index (Phi) is 5.68. The number of nitrogens with zero attached hydrogens (tertiary/aromatic N) is 3. The maximum absolute atomic E-state index is 13.0. The summed E-state index contributed by atoms with van der Waals surface area (Å²) in [6, 6.07) is 3.24. The van der Waals surface area contributed by atoms with Gasteiger partial charge in [0.25, 0.3) is 0 Å². The van der Waals surface area contributed by atoms with Crippen LogP contribution in [0.4, 0.5) is 0 Å². The molecule has 2 aromatic rings. The highest BCUT2D eigenvalue weighted by Gasteiger charge is 2.32. The molecule has 2 aromatic heterocycles. The molecule has 1 aliphatic heterocycles. The normalized spacial score (nSPS) is 17.0. The zero-order valence-electron chi connectivity index (χ0n) is 15.6. The zero-order valence-corrected chi connectivity index (χ0v) is 16.5. The molecule has 3 heterocycles. The molecule has 27 heavy (non-hydrogen) atoms. The fourth-order valence-corrected chi connectivity index (χ4v) is 4.94. The first-order valence-corrected chi connectivity index (χ1v) is 10.2. The first-order chi connectivity index (χ1) is 12.8. The van der Waals surface area contributed by atoms with Crippen molar-refractivity contribution >= 4 is 15.9 Å². The molecular weight excluding hydrogens is 372 g/mol. The van der Waals surface area contributed by atoms with Crippen molar-refractivity contribution in [3.05, 3.63) is 35.5 Å². The third kappa shape index (κ3) is 4.07. The Morgan fingerprint density at radius 2 is 2.04 bits per heavy atom. The lowest BCUT2D eigenvalue weighted by atomic mass is 10.2. The van der Waals surface area contributed by atoms with Crippen molar-refractivity contribution in [1.82, 2.24) is 19.4 Å². The van der Waals surface area contributed by atoms with Crippen LogP contribution < -0.4 is 5.32 Å². The van der Waals surface area contributed by atoms with E-state index >= 15 is 0 Å². The van der Waals surface area contributed by atoms with E-state index in [-0.39, 0.29) is 23.4 Å². The largest absolute Gasteiger partial charge is 0.467 e. The SMILES string of the molecule is Cc1nn(CC(=O)NC(C)c2ccco2)c(C)c1S(=O)(=O)N1CCOCC1. The fourth-order valence-electron chi connectivity index (χ4n) is 3.16. The van der Waals surface area contributed by atoms with E-state index in [1.54, 1.807) is 32.2 Å². The Balaban J connectivity index is 1.76. The summed E-state index contributed by atoms with van der Waals surface area (Å²) in [5, 5.41) is 7.10. The molecule has 1 amide bonds. The predicted octanol–water partition coefficient (Wildman–Crippen LogP) is 0.991. The van der Waals surface area contributed by atoms with Crippen molar-refractivity contribution in [2.75, 3.05) is 26.3 Å². The summed E-state index contributed by atoms with van der Waals surface area (Å²) in [5.74, 6) is 0.368. The molecule has 0 aliphatic carbocycles. The number of aryl methyl sites for hydroxylation is 1. The van der Waals surface area contributed by atoms with Crippen LogP contribution in [0.2, 0.25) is 0 Å². The first kappa shape index (κ1) is 19.6. The lowest BCUT2D eigenvalue weighted by Crippen LogP contribution is -2.41. The van der Waals surface area contributed by atoms with E-state index in [9.17, 15) is 13.2 Å². The van der Waals surface area contributed by atoms with Crippen molar-refractivity contribution in [3.8, 4) is 0 Å². The third-order valence-corrected chi connectivity index (χ3v) is 6.68. The summed E-state index contributed by atoms with van der Waals surface area (Å²) in [5.41, 5.74) is 0.825. The second kappa shape index (κ2) is 7.83. The summed E-state index contributed by atoms with van der Waals surface area (Å²) in [6.07, 6.45) is 1.54. The molecule has 1 aliphatic rings. The number of ether oxygens (including phenoxy) is 1. The quantitative estimate of drug-likeness (QED) is 0.780. The lowest BCUT2D eigenvalue weighted by molar-refractivity contribution is -0.122. The van der Waals surface area contributed by atoms with Crippen LogP contribution in [0, 0.1) is 13.8 Å². The Bertz CT molecular complexity index is 898. The highest BCUT2D eigenvalue weighted by Crippen LogP contribution is 2.24. The molecule has 0 bridgehead atoms. The highest BCUT2D eigenvalue weighted by atomic mass is 32.2. The molecule has 0 saturated carbocycles. The molecule has 1 fully saturated rings. The van der Waals surface area contributed by atoms with Gasteiger partial charge in [0.2, 0.25) is 15.9 Å². The number of furan rings is 1. The molecule has 0 aromatic carbocycles. The first-order valence-electron chi connectivity index (χ1n) is 8.75. The number of amides is 1. The maximum Gasteiger partial charge on any atom is 0.246 e.